The Bertz CT molecular complexity index is 886. The molecule has 0 unspecified atom stereocenters. The molecule has 1 heterocycles. The normalized spacial score (nSPS) is 11.2. The Labute approximate surface area is 150 Å². The van der Waals surface area contributed by atoms with Crippen molar-refractivity contribution in [2.24, 2.45) is 0 Å². The number of carbonyl (C=O) groups excluding carboxylic acids is 2. The van der Waals surface area contributed by atoms with Crippen molar-refractivity contribution in [2.75, 3.05) is 18.2 Å². The number of benzene rings is 1. The van der Waals surface area contributed by atoms with Gasteiger partial charge in [-0.15, -0.1) is 0 Å². The Morgan fingerprint density at radius 2 is 1.88 bits per heavy atom. The molecule has 1 aromatic heterocycles. The topological polar surface area (TPSA) is 102 Å². The third kappa shape index (κ3) is 4.86. The molecule has 2 aromatic rings. The van der Waals surface area contributed by atoms with Crippen molar-refractivity contribution < 1.29 is 22.7 Å². The zero-order valence-electron chi connectivity index (χ0n) is 14.0. The summed E-state index contributed by atoms with van der Waals surface area (Å²) in [7, 11) is -2.08. The Kier molecular flexibility index (Phi) is 5.91. The molecule has 0 saturated carbocycles. The van der Waals surface area contributed by atoms with Crippen molar-refractivity contribution in [1.82, 2.24) is 4.98 Å². The highest BCUT2D eigenvalue weighted by atomic mass is 32.2. The van der Waals surface area contributed by atoms with Gasteiger partial charge in [0.2, 0.25) is 5.91 Å². The molecule has 2 rings (SSSR count). The standard InChI is InChI=1S/C16H18N2O5S2/c1-10-15(11(2)19)24-16(17-10)18-14(20)8-9-25(21,22)13-6-4-12(23-3)5-7-13/h4-7H,8-9H2,1-3H3,(H,17,18,20). The fraction of sp³-hybridized carbons (Fsp3) is 0.312. The zero-order valence-corrected chi connectivity index (χ0v) is 15.7. The fourth-order valence-electron chi connectivity index (χ4n) is 2.09. The number of carbonyl (C=O) groups is 2. The maximum atomic E-state index is 12.3. The number of rotatable bonds is 7. The average Bonchev–Trinajstić information content (AvgIpc) is 2.93. The summed E-state index contributed by atoms with van der Waals surface area (Å²) in [5.74, 6) is -0.370. The predicted molar refractivity (Wildman–Crippen MR) is 95.1 cm³/mol. The molecule has 134 valence electrons. The van der Waals surface area contributed by atoms with Crippen molar-refractivity contribution in [1.29, 1.82) is 0 Å². The van der Waals surface area contributed by atoms with Crippen LogP contribution in [0, 0.1) is 6.92 Å². The molecule has 0 fully saturated rings. The maximum absolute atomic E-state index is 12.3. The first-order valence-corrected chi connectivity index (χ1v) is 9.85. The first kappa shape index (κ1) is 19.1. The number of nitrogens with one attached hydrogen (secondary N) is 1. The second-order valence-corrected chi connectivity index (χ2v) is 8.39. The quantitative estimate of drug-likeness (QED) is 0.738. The van der Waals surface area contributed by atoms with E-state index in [0.29, 0.717) is 16.3 Å². The number of anilines is 1. The van der Waals surface area contributed by atoms with Gasteiger partial charge in [0.25, 0.3) is 0 Å². The molecule has 1 amide bonds. The number of ketones is 1. The molecule has 0 bridgehead atoms. The van der Waals surface area contributed by atoms with Crippen molar-refractivity contribution in [2.45, 2.75) is 25.2 Å². The third-order valence-electron chi connectivity index (χ3n) is 3.38. The van der Waals surface area contributed by atoms with Crippen LogP contribution < -0.4 is 10.1 Å². The number of hydrogen-bond acceptors (Lipinski definition) is 7. The van der Waals surface area contributed by atoms with E-state index in [2.05, 4.69) is 10.3 Å². The molecule has 0 aliphatic rings. The molecule has 25 heavy (non-hydrogen) atoms. The number of ether oxygens (including phenoxy) is 1. The molecule has 0 spiro atoms. The van der Waals surface area contributed by atoms with Gasteiger partial charge in [-0.05, 0) is 31.2 Å². The average molecular weight is 382 g/mol. The smallest absolute Gasteiger partial charge is 0.227 e. The third-order valence-corrected chi connectivity index (χ3v) is 6.28. The summed E-state index contributed by atoms with van der Waals surface area (Å²) in [4.78, 5) is 28.1. The highest BCUT2D eigenvalue weighted by Crippen LogP contribution is 2.23. The number of sulfone groups is 1. The predicted octanol–water partition coefficient (Wildman–Crippen LogP) is 2.47. The van der Waals surface area contributed by atoms with Crippen LogP contribution in [0.5, 0.6) is 5.75 Å². The van der Waals surface area contributed by atoms with Crippen molar-refractivity contribution in [3.05, 3.63) is 34.8 Å². The van der Waals surface area contributed by atoms with E-state index in [-0.39, 0.29) is 28.0 Å². The lowest BCUT2D eigenvalue weighted by atomic mass is 10.3. The SMILES string of the molecule is COc1ccc(S(=O)(=O)CCC(=O)Nc2nc(C)c(C(C)=O)s2)cc1. The van der Waals surface area contributed by atoms with E-state index >= 15 is 0 Å². The van der Waals surface area contributed by atoms with Crippen LogP contribution >= 0.6 is 11.3 Å². The number of aromatic nitrogens is 1. The van der Waals surface area contributed by atoms with Crippen molar-refractivity contribution in [3.8, 4) is 5.75 Å². The lowest BCUT2D eigenvalue weighted by Gasteiger charge is -2.06. The minimum Gasteiger partial charge on any atom is -0.497 e. The van der Waals surface area contributed by atoms with Crippen LogP contribution in [0.25, 0.3) is 0 Å². The monoisotopic (exact) mass is 382 g/mol. The second-order valence-electron chi connectivity index (χ2n) is 5.28. The highest BCUT2D eigenvalue weighted by molar-refractivity contribution is 7.91. The van der Waals surface area contributed by atoms with Gasteiger partial charge in [-0.1, -0.05) is 11.3 Å². The summed E-state index contributed by atoms with van der Waals surface area (Å²) in [6.45, 7) is 3.10. The van der Waals surface area contributed by atoms with Gasteiger partial charge >= 0.3 is 0 Å². The van der Waals surface area contributed by atoms with E-state index in [1.807, 2.05) is 0 Å². The summed E-state index contributed by atoms with van der Waals surface area (Å²) in [5.41, 5.74) is 0.540. The molecular weight excluding hydrogens is 364 g/mol. The largest absolute Gasteiger partial charge is 0.497 e. The molecule has 9 heteroatoms. The van der Waals surface area contributed by atoms with Crippen LogP contribution in [-0.2, 0) is 14.6 Å². The number of nitrogens with zero attached hydrogens (tertiary/aromatic N) is 1. The Hall–Kier alpha value is -2.26. The lowest BCUT2D eigenvalue weighted by Crippen LogP contribution is -2.17. The van der Waals surface area contributed by atoms with Crippen LogP contribution in [0.1, 0.15) is 28.7 Å². The van der Waals surface area contributed by atoms with Crippen LogP contribution in [0.2, 0.25) is 0 Å². The first-order chi connectivity index (χ1) is 11.7. The van der Waals surface area contributed by atoms with Gasteiger partial charge in [0.05, 0.1) is 28.3 Å². The Balaban J connectivity index is 1.98. The Morgan fingerprint density at radius 3 is 2.40 bits per heavy atom. The minimum absolute atomic E-state index is 0.127. The molecule has 0 aliphatic heterocycles. The molecular formula is C16H18N2O5S2. The van der Waals surface area contributed by atoms with Gasteiger partial charge in [-0.25, -0.2) is 13.4 Å². The number of thiazole rings is 1. The molecule has 0 aliphatic carbocycles. The van der Waals surface area contributed by atoms with Gasteiger partial charge in [-0.2, -0.15) is 0 Å². The Morgan fingerprint density at radius 1 is 1.24 bits per heavy atom. The highest BCUT2D eigenvalue weighted by Gasteiger charge is 2.18. The summed E-state index contributed by atoms with van der Waals surface area (Å²) in [6, 6.07) is 5.98. The minimum atomic E-state index is -3.58. The van der Waals surface area contributed by atoms with E-state index in [1.54, 1.807) is 19.1 Å². The van der Waals surface area contributed by atoms with Crippen LogP contribution in [0.3, 0.4) is 0 Å². The van der Waals surface area contributed by atoms with E-state index in [1.165, 1.54) is 26.2 Å². The summed E-state index contributed by atoms with van der Waals surface area (Å²) in [5, 5.41) is 2.82. The van der Waals surface area contributed by atoms with Gasteiger partial charge in [0.15, 0.2) is 20.8 Å². The summed E-state index contributed by atoms with van der Waals surface area (Å²) in [6.07, 6.45) is -0.206. The molecule has 1 N–H and O–H groups in total. The number of methoxy groups -OCH3 is 1. The molecule has 0 saturated heterocycles. The molecule has 0 radical (unpaired) electrons. The fourth-order valence-corrected chi connectivity index (χ4v) is 4.20. The van der Waals surface area contributed by atoms with Crippen LogP contribution in [-0.4, -0.2) is 38.0 Å². The number of aryl methyl sites for hydroxylation is 1. The maximum Gasteiger partial charge on any atom is 0.227 e. The zero-order chi connectivity index (χ0) is 18.6. The van der Waals surface area contributed by atoms with Crippen molar-refractivity contribution >= 4 is 38.0 Å². The summed E-state index contributed by atoms with van der Waals surface area (Å²) < 4.78 is 29.5. The van der Waals surface area contributed by atoms with E-state index in [9.17, 15) is 18.0 Å². The van der Waals surface area contributed by atoms with E-state index in [0.717, 1.165) is 11.3 Å². The van der Waals surface area contributed by atoms with E-state index < -0.39 is 15.7 Å². The van der Waals surface area contributed by atoms with Gasteiger partial charge in [-0.3, -0.25) is 9.59 Å². The molecule has 7 nitrogen and oxygen atoms in total. The van der Waals surface area contributed by atoms with Crippen molar-refractivity contribution in [3.63, 3.8) is 0 Å². The number of hydrogen-bond donors (Lipinski definition) is 1. The van der Waals surface area contributed by atoms with Crippen LogP contribution in [0.4, 0.5) is 5.13 Å². The second kappa shape index (κ2) is 7.75. The van der Waals surface area contributed by atoms with Crippen LogP contribution in [0.15, 0.2) is 29.2 Å². The van der Waals surface area contributed by atoms with Gasteiger partial charge < -0.3 is 10.1 Å². The summed E-state index contributed by atoms with van der Waals surface area (Å²) >= 11 is 1.07. The molecule has 1 aromatic carbocycles. The lowest BCUT2D eigenvalue weighted by molar-refractivity contribution is -0.115. The van der Waals surface area contributed by atoms with E-state index in [4.69, 9.17) is 4.74 Å². The van der Waals surface area contributed by atoms with Gasteiger partial charge in [0.1, 0.15) is 5.75 Å². The first-order valence-electron chi connectivity index (χ1n) is 7.38. The van der Waals surface area contributed by atoms with Gasteiger partial charge in [0, 0.05) is 13.3 Å². The number of Topliss-reactive ketones (excluding diaryl/α,β-unsaturated/α-hetero) is 1. The molecule has 0 atom stereocenters. The number of amides is 1.